The Morgan fingerprint density at radius 3 is 2.95 bits per heavy atom. The van der Waals surface area contributed by atoms with E-state index in [0.29, 0.717) is 29.5 Å². The second-order valence-corrected chi connectivity index (χ2v) is 6.24. The number of amides is 1. The number of nitrogens with one attached hydrogen (secondary N) is 1. The van der Waals surface area contributed by atoms with Crippen LogP contribution in [0.15, 0.2) is 29.1 Å². The number of fused-ring (bicyclic) bond motifs is 2. The van der Waals surface area contributed by atoms with Gasteiger partial charge in [0.25, 0.3) is 11.5 Å². The van der Waals surface area contributed by atoms with Crippen LogP contribution >= 0.6 is 0 Å². The Bertz CT molecular complexity index is 800. The molecule has 1 N–H and O–H groups in total. The van der Waals surface area contributed by atoms with Crippen molar-refractivity contribution in [1.29, 1.82) is 0 Å². The van der Waals surface area contributed by atoms with Gasteiger partial charge >= 0.3 is 0 Å². The highest BCUT2D eigenvalue weighted by molar-refractivity contribution is 5.94. The second-order valence-electron chi connectivity index (χ2n) is 6.24. The van der Waals surface area contributed by atoms with E-state index in [1.807, 2.05) is 12.1 Å². The Hall–Kier alpha value is -2.21. The fraction of sp³-hybridized carbons (Fsp3) is 0.438. The molecule has 6 nitrogen and oxygen atoms in total. The standard InChI is InChI=1S/C16H18N4O2/c1-19-7-6-10-8-20(9-13(10)19)16(22)14-15(21)18-12-5-3-2-4-11(12)17-14/h2-5,10,13H,6-9H2,1H3,(H,18,21)/t10-,13+/m1/s1. The van der Waals surface area contributed by atoms with Gasteiger partial charge in [-0.3, -0.25) is 9.59 Å². The zero-order valence-electron chi connectivity index (χ0n) is 12.5. The lowest BCUT2D eigenvalue weighted by Crippen LogP contribution is -2.37. The van der Waals surface area contributed by atoms with Crippen molar-refractivity contribution in [2.45, 2.75) is 12.5 Å². The molecule has 114 valence electrons. The van der Waals surface area contributed by atoms with Gasteiger partial charge in [0.15, 0.2) is 5.69 Å². The monoisotopic (exact) mass is 298 g/mol. The summed E-state index contributed by atoms with van der Waals surface area (Å²) in [4.78, 5) is 35.9. The molecular formula is C16H18N4O2. The summed E-state index contributed by atoms with van der Waals surface area (Å²) in [6.45, 7) is 2.50. The van der Waals surface area contributed by atoms with Crippen LogP contribution in [0.4, 0.5) is 0 Å². The molecule has 0 bridgehead atoms. The third-order valence-electron chi connectivity index (χ3n) is 4.91. The Morgan fingerprint density at radius 2 is 2.14 bits per heavy atom. The van der Waals surface area contributed by atoms with Crippen molar-refractivity contribution in [3.63, 3.8) is 0 Å². The van der Waals surface area contributed by atoms with Crippen LogP contribution in [0, 0.1) is 5.92 Å². The highest BCUT2D eigenvalue weighted by Gasteiger charge is 2.42. The van der Waals surface area contributed by atoms with E-state index >= 15 is 0 Å². The highest BCUT2D eigenvalue weighted by Crippen LogP contribution is 2.30. The molecule has 1 aromatic heterocycles. The van der Waals surface area contributed by atoms with Crippen molar-refractivity contribution >= 4 is 16.9 Å². The molecule has 4 rings (SSSR count). The molecular weight excluding hydrogens is 280 g/mol. The summed E-state index contributed by atoms with van der Waals surface area (Å²) in [6.07, 6.45) is 1.12. The number of likely N-dealkylation sites (N-methyl/N-ethyl adjacent to an activating group) is 1. The summed E-state index contributed by atoms with van der Waals surface area (Å²) < 4.78 is 0. The number of carbonyl (C=O) groups excluding carboxylic acids is 1. The number of aromatic amines is 1. The van der Waals surface area contributed by atoms with Gasteiger partial charge in [0.2, 0.25) is 0 Å². The molecule has 2 aromatic rings. The number of hydrogen-bond acceptors (Lipinski definition) is 4. The molecule has 2 aliphatic heterocycles. The summed E-state index contributed by atoms with van der Waals surface area (Å²) in [5, 5.41) is 0. The van der Waals surface area contributed by atoms with E-state index < -0.39 is 5.56 Å². The first-order chi connectivity index (χ1) is 10.6. The highest BCUT2D eigenvalue weighted by atomic mass is 16.2. The van der Waals surface area contributed by atoms with E-state index in [-0.39, 0.29) is 11.6 Å². The number of hydrogen-bond donors (Lipinski definition) is 1. The summed E-state index contributed by atoms with van der Waals surface area (Å²) >= 11 is 0. The van der Waals surface area contributed by atoms with Crippen molar-refractivity contribution in [2.24, 2.45) is 5.92 Å². The Labute approximate surface area is 127 Å². The minimum Gasteiger partial charge on any atom is -0.335 e. The van der Waals surface area contributed by atoms with E-state index in [4.69, 9.17) is 0 Å². The van der Waals surface area contributed by atoms with Crippen LogP contribution in [-0.2, 0) is 0 Å². The average molecular weight is 298 g/mol. The Morgan fingerprint density at radius 1 is 1.32 bits per heavy atom. The fourth-order valence-electron chi connectivity index (χ4n) is 3.66. The number of aromatic nitrogens is 2. The molecule has 0 radical (unpaired) electrons. The first-order valence-electron chi connectivity index (χ1n) is 7.62. The van der Waals surface area contributed by atoms with Gasteiger partial charge < -0.3 is 14.8 Å². The van der Waals surface area contributed by atoms with Crippen molar-refractivity contribution in [3.8, 4) is 0 Å². The zero-order chi connectivity index (χ0) is 15.3. The molecule has 1 amide bonds. The molecule has 2 aliphatic rings. The van der Waals surface area contributed by atoms with Gasteiger partial charge in [-0.25, -0.2) is 4.98 Å². The molecule has 3 heterocycles. The number of carbonyl (C=O) groups is 1. The van der Waals surface area contributed by atoms with Crippen LogP contribution in [0.1, 0.15) is 16.9 Å². The average Bonchev–Trinajstić information content (AvgIpc) is 3.08. The number of H-pyrrole nitrogens is 1. The van der Waals surface area contributed by atoms with Crippen LogP contribution in [-0.4, -0.2) is 58.4 Å². The Kier molecular flexibility index (Phi) is 3.00. The summed E-state index contributed by atoms with van der Waals surface area (Å²) in [5.41, 5.74) is 0.888. The number of para-hydroxylation sites is 2. The quantitative estimate of drug-likeness (QED) is 0.841. The second kappa shape index (κ2) is 4.91. The van der Waals surface area contributed by atoms with Gasteiger partial charge in [-0.05, 0) is 38.1 Å². The van der Waals surface area contributed by atoms with E-state index in [1.165, 1.54) is 0 Å². The predicted molar refractivity (Wildman–Crippen MR) is 82.8 cm³/mol. The number of nitrogens with zero attached hydrogens (tertiary/aromatic N) is 3. The van der Waals surface area contributed by atoms with E-state index in [9.17, 15) is 9.59 Å². The van der Waals surface area contributed by atoms with Crippen LogP contribution in [0.5, 0.6) is 0 Å². The van der Waals surface area contributed by atoms with Gasteiger partial charge in [-0.2, -0.15) is 0 Å². The molecule has 2 atom stereocenters. The summed E-state index contributed by atoms with van der Waals surface area (Å²) in [7, 11) is 2.10. The first kappa shape index (κ1) is 13.5. The van der Waals surface area contributed by atoms with Crippen LogP contribution in [0.25, 0.3) is 11.0 Å². The summed E-state index contributed by atoms with van der Waals surface area (Å²) in [5.74, 6) is 0.267. The third kappa shape index (κ3) is 2.02. The SMILES string of the molecule is CN1CC[C@@H]2CN(C(=O)c3nc4ccccc4[nH]c3=O)C[C@@H]21. The van der Waals surface area contributed by atoms with Gasteiger partial charge in [-0.1, -0.05) is 12.1 Å². The lowest BCUT2D eigenvalue weighted by atomic mass is 10.1. The fourth-order valence-corrected chi connectivity index (χ4v) is 3.66. The smallest absolute Gasteiger partial charge is 0.280 e. The van der Waals surface area contributed by atoms with Crippen molar-refractivity contribution in [3.05, 3.63) is 40.3 Å². The van der Waals surface area contributed by atoms with Gasteiger partial charge in [0.1, 0.15) is 0 Å². The van der Waals surface area contributed by atoms with E-state index in [2.05, 4.69) is 21.9 Å². The van der Waals surface area contributed by atoms with Crippen molar-refractivity contribution in [1.82, 2.24) is 19.8 Å². The topological polar surface area (TPSA) is 69.3 Å². The van der Waals surface area contributed by atoms with E-state index in [0.717, 1.165) is 19.5 Å². The minimum absolute atomic E-state index is 0.00123. The molecule has 2 fully saturated rings. The van der Waals surface area contributed by atoms with E-state index in [1.54, 1.807) is 17.0 Å². The molecule has 0 saturated carbocycles. The molecule has 6 heteroatoms. The Balaban J connectivity index is 1.66. The maximum Gasteiger partial charge on any atom is 0.280 e. The summed E-state index contributed by atoms with van der Waals surface area (Å²) in [6, 6.07) is 7.68. The maximum absolute atomic E-state index is 12.7. The lowest BCUT2D eigenvalue weighted by molar-refractivity contribution is 0.0767. The minimum atomic E-state index is -0.408. The third-order valence-corrected chi connectivity index (χ3v) is 4.91. The van der Waals surface area contributed by atoms with Crippen LogP contribution in [0.3, 0.4) is 0 Å². The lowest BCUT2D eigenvalue weighted by Gasteiger charge is -2.20. The number of rotatable bonds is 1. The molecule has 1 aromatic carbocycles. The van der Waals surface area contributed by atoms with Crippen LogP contribution in [0.2, 0.25) is 0 Å². The van der Waals surface area contributed by atoms with Gasteiger partial charge in [0.05, 0.1) is 11.0 Å². The van der Waals surface area contributed by atoms with Gasteiger partial charge in [-0.15, -0.1) is 0 Å². The molecule has 0 aliphatic carbocycles. The normalized spacial score (nSPS) is 24.9. The molecule has 2 saturated heterocycles. The van der Waals surface area contributed by atoms with Crippen molar-refractivity contribution < 1.29 is 4.79 Å². The zero-order valence-corrected chi connectivity index (χ0v) is 12.5. The molecule has 0 spiro atoms. The first-order valence-corrected chi connectivity index (χ1v) is 7.62. The number of benzene rings is 1. The van der Waals surface area contributed by atoms with Crippen molar-refractivity contribution in [2.75, 3.05) is 26.7 Å². The predicted octanol–water partition coefficient (Wildman–Crippen LogP) is 0.699. The van der Waals surface area contributed by atoms with Gasteiger partial charge in [0, 0.05) is 19.1 Å². The number of likely N-dealkylation sites (tertiary alicyclic amines) is 2. The maximum atomic E-state index is 12.7. The largest absolute Gasteiger partial charge is 0.335 e. The van der Waals surface area contributed by atoms with Crippen LogP contribution < -0.4 is 5.56 Å². The molecule has 0 unspecified atom stereocenters. The molecule has 22 heavy (non-hydrogen) atoms.